The number of fused-ring (bicyclic) bond motifs is 1. The number of rotatable bonds is 7. The summed E-state index contributed by atoms with van der Waals surface area (Å²) in [5, 5.41) is 6.07. The predicted octanol–water partition coefficient (Wildman–Crippen LogP) is 6.31. The molecule has 1 aliphatic heterocycles. The highest BCUT2D eigenvalue weighted by atomic mass is 35.5. The van der Waals surface area contributed by atoms with E-state index in [1.807, 2.05) is 35.9 Å². The third kappa shape index (κ3) is 4.90. The van der Waals surface area contributed by atoms with E-state index in [2.05, 4.69) is 15.0 Å². The smallest absolute Gasteiger partial charge is 0.340 e. The van der Waals surface area contributed by atoms with Crippen LogP contribution in [0.15, 0.2) is 41.1 Å². The van der Waals surface area contributed by atoms with Crippen molar-refractivity contribution in [2.75, 3.05) is 44.7 Å². The number of carbonyl (C=O) groups is 1. The fourth-order valence-electron chi connectivity index (χ4n) is 5.54. The van der Waals surface area contributed by atoms with Crippen molar-refractivity contribution in [3.8, 4) is 11.3 Å². The van der Waals surface area contributed by atoms with Gasteiger partial charge in [-0.05, 0) is 43.5 Å². The Kier molecular flexibility index (Phi) is 7.04. The second-order valence-electron chi connectivity index (χ2n) is 10.3. The molecule has 0 amide bonds. The van der Waals surface area contributed by atoms with Crippen molar-refractivity contribution in [2.45, 2.75) is 25.2 Å². The van der Waals surface area contributed by atoms with E-state index >= 15 is 4.39 Å². The molecule has 6 rings (SSSR count). The maximum Gasteiger partial charge on any atom is 0.340 e. The van der Waals surface area contributed by atoms with Crippen molar-refractivity contribution < 1.29 is 18.4 Å². The molecule has 0 bridgehead atoms. The Bertz CT molecular complexity index is 1530. The second-order valence-corrected chi connectivity index (χ2v) is 11.1. The average molecular weight is 571 g/mol. The summed E-state index contributed by atoms with van der Waals surface area (Å²) in [6.07, 6.45) is 4.66. The number of hydrogen-bond donors (Lipinski definition) is 0. The Hall–Kier alpha value is -3.07. The van der Waals surface area contributed by atoms with Crippen molar-refractivity contribution in [1.82, 2.24) is 14.6 Å². The van der Waals surface area contributed by atoms with Crippen LogP contribution in [0.4, 0.5) is 10.1 Å². The van der Waals surface area contributed by atoms with Gasteiger partial charge in [-0.25, -0.2) is 9.18 Å². The third-order valence-electron chi connectivity index (χ3n) is 7.82. The molecule has 2 aliphatic rings. The molecule has 2 fully saturated rings. The zero-order valence-electron chi connectivity index (χ0n) is 21.8. The van der Waals surface area contributed by atoms with Gasteiger partial charge in [0.15, 0.2) is 0 Å². The summed E-state index contributed by atoms with van der Waals surface area (Å²) in [7, 11) is 3.17. The van der Waals surface area contributed by atoms with Crippen molar-refractivity contribution in [2.24, 2.45) is 7.05 Å². The minimum Gasteiger partial charge on any atom is -0.465 e. The first-order valence-corrected chi connectivity index (χ1v) is 13.9. The van der Waals surface area contributed by atoms with E-state index in [4.69, 9.17) is 32.5 Å². The van der Waals surface area contributed by atoms with Crippen LogP contribution in [0.25, 0.3) is 22.2 Å². The summed E-state index contributed by atoms with van der Waals surface area (Å²) in [5.74, 6) is 0.546. The lowest BCUT2D eigenvalue weighted by atomic mass is 10.0. The summed E-state index contributed by atoms with van der Waals surface area (Å²) < 4.78 is 27.7. The number of carbonyl (C=O) groups excluding carboxylic acids is 1. The van der Waals surface area contributed by atoms with Gasteiger partial charge in [-0.15, -0.1) is 0 Å². The third-order valence-corrected chi connectivity index (χ3v) is 8.45. The van der Waals surface area contributed by atoms with Gasteiger partial charge in [0.2, 0.25) is 0 Å². The molecule has 0 radical (unpaired) electrons. The SMILES string of the molecule is COC(=O)c1cn(C)c2cc(N3CCN(CCc4c(-c5c(Cl)cccc5Cl)noc4C4CC4)CC3)c(F)cc12. The molecule has 2 aromatic heterocycles. The van der Waals surface area contributed by atoms with Gasteiger partial charge in [0, 0.05) is 68.4 Å². The summed E-state index contributed by atoms with van der Waals surface area (Å²) in [6, 6.07) is 8.73. The number of nitrogens with zero attached hydrogens (tertiary/aromatic N) is 4. The molecular formula is C29H29Cl2FN4O3. The lowest BCUT2D eigenvalue weighted by Crippen LogP contribution is -2.47. The number of piperazine rings is 1. The molecule has 1 saturated heterocycles. The Morgan fingerprint density at radius 2 is 1.87 bits per heavy atom. The van der Waals surface area contributed by atoms with Gasteiger partial charge < -0.3 is 18.7 Å². The van der Waals surface area contributed by atoms with Crippen molar-refractivity contribution in [1.29, 1.82) is 0 Å². The van der Waals surface area contributed by atoms with Gasteiger partial charge in [-0.2, -0.15) is 0 Å². The van der Waals surface area contributed by atoms with Crippen LogP contribution in [0.1, 0.15) is 40.4 Å². The van der Waals surface area contributed by atoms with E-state index in [-0.39, 0.29) is 5.82 Å². The number of esters is 1. The molecule has 0 N–H and O–H groups in total. The van der Waals surface area contributed by atoms with Gasteiger partial charge in [0.05, 0.1) is 33.9 Å². The molecule has 4 aromatic rings. The standard InChI is InChI=1S/C29H29Cl2FN4O3/c1-34-16-20(29(37)38-2)19-14-23(32)25(15-24(19)34)36-12-10-35(11-13-36)9-8-18-27(33-39-28(18)17-6-7-17)26-21(30)4-3-5-22(26)31/h3-5,14-17H,6-13H2,1-2H3. The average Bonchev–Trinajstić information content (AvgIpc) is 3.62. The largest absolute Gasteiger partial charge is 0.465 e. The van der Waals surface area contributed by atoms with Gasteiger partial charge >= 0.3 is 5.97 Å². The Balaban J connectivity index is 1.17. The molecule has 1 saturated carbocycles. The number of methoxy groups -OCH3 is 1. The van der Waals surface area contributed by atoms with E-state index in [1.165, 1.54) is 13.2 Å². The van der Waals surface area contributed by atoms with E-state index in [0.717, 1.165) is 67.0 Å². The van der Waals surface area contributed by atoms with Gasteiger partial charge in [-0.1, -0.05) is 34.4 Å². The maximum absolute atomic E-state index is 15.2. The summed E-state index contributed by atoms with van der Waals surface area (Å²) >= 11 is 13.0. The van der Waals surface area contributed by atoms with Crippen LogP contribution >= 0.6 is 23.2 Å². The molecule has 1 aliphatic carbocycles. The molecule has 204 valence electrons. The minimum atomic E-state index is -0.473. The summed E-state index contributed by atoms with van der Waals surface area (Å²) in [4.78, 5) is 16.6. The molecule has 0 spiro atoms. The minimum absolute atomic E-state index is 0.341. The molecule has 10 heteroatoms. The number of aromatic nitrogens is 2. The number of anilines is 1. The molecule has 2 aromatic carbocycles. The maximum atomic E-state index is 15.2. The first-order chi connectivity index (χ1) is 18.9. The molecule has 7 nitrogen and oxygen atoms in total. The normalized spacial score (nSPS) is 16.3. The van der Waals surface area contributed by atoms with E-state index in [0.29, 0.717) is 45.7 Å². The molecule has 0 atom stereocenters. The lowest BCUT2D eigenvalue weighted by Gasteiger charge is -2.36. The fraction of sp³-hybridized carbons (Fsp3) is 0.379. The van der Waals surface area contributed by atoms with E-state index < -0.39 is 5.97 Å². The molecule has 39 heavy (non-hydrogen) atoms. The number of hydrogen-bond acceptors (Lipinski definition) is 6. The summed E-state index contributed by atoms with van der Waals surface area (Å²) in [6.45, 7) is 3.80. The second kappa shape index (κ2) is 10.5. The number of aryl methyl sites for hydroxylation is 1. The highest BCUT2D eigenvalue weighted by Gasteiger charge is 2.33. The van der Waals surface area contributed by atoms with Gasteiger partial charge in [-0.3, -0.25) is 4.90 Å². The quantitative estimate of drug-likeness (QED) is 0.243. The predicted molar refractivity (Wildman–Crippen MR) is 151 cm³/mol. The van der Waals surface area contributed by atoms with Crippen molar-refractivity contribution in [3.05, 3.63) is 69.3 Å². The van der Waals surface area contributed by atoms with Crippen molar-refractivity contribution in [3.63, 3.8) is 0 Å². The molecular weight excluding hydrogens is 542 g/mol. The molecule has 0 unspecified atom stereocenters. The van der Waals surface area contributed by atoms with Crippen LogP contribution in [0.2, 0.25) is 10.0 Å². The highest BCUT2D eigenvalue weighted by molar-refractivity contribution is 6.39. The van der Waals surface area contributed by atoms with Crippen LogP contribution < -0.4 is 4.90 Å². The van der Waals surface area contributed by atoms with Crippen LogP contribution in [-0.2, 0) is 18.2 Å². The van der Waals surface area contributed by atoms with E-state index in [1.54, 1.807) is 6.20 Å². The molecule has 3 heterocycles. The topological polar surface area (TPSA) is 63.7 Å². The van der Waals surface area contributed by atoms with Crippen LogP contribution in [0.5, 0.6) is 0 Å². The van der Waals surface area contributed by atoms with Gasteiger partial charge in [0.1, 0.15) is 17.3 Å². The number of halogens is 3. The fourth-order valence-corrected chi connectivity index (χ4v) is 6.12. The van der Waals surface area contributed by atoms with Crippen LogP contribution in [-0.4, -0.2) is 60.4 Å². The van der Waals surface area contributed by atoms with Crippen molar-refractivity contribution >= 4 is 45.8 Å². The highest BCUT2D eigenvalue weighted by Crippen LogP contribution is 2.46. The zero-order chi connectivity index (χ0) is 27.3. The van der Waals surface area contributed by atoms with Crippen LogP contribution in [0.3, 0.4) is 0 Å². The Morgan fingerprint density at radius 1 is 1.15 bits per heavy atom. The van der Waals surface area contributed by atoms with Crippen LogP contribution in [0, 0.1) is 5.82 Å². The monoisotopic (exact) mass is 570 g/mol. The van der Waals surface area contributed by atoms with E-state index in [9.17, 15) is 4.79 Å². The zero-order valence-corrected chi connectivity index (χ0v) is 23.4. The Labute approximate surface area is 236 Å². The number of benzene rings is 2. The van der Waals surface area contributed by atoms with Gasteiger partial charge in [0.25, 0.3) is 0 Å². The summed E-state index contributed by atoms with van der Waals surface area (Å²) in [5.41, 5.74) is 4.23. The lowest BCUT2D eigenvalue weighted by molar-refractivity contribution is 0.0602. The first-order valence-electron chi connectivity index (χ1n) is 13.1. The first kappa shape index (κ1) is 26.2. The number of ether oxygens (including phenoxy) is 1. The Morgan fingerprint density at radius 3 is 2.54 bits per heavy atom.